The van der Waals surface area contributed by atoms with Crippen molar-refractivity contribution in [1.29, 1.82) is 0 Å². The third-order valence-electron chi connectivity index (χ3n) is 5.19. The summed E-state index contributed by atoms with van der Waals surface area (Å²) in [5.74, 6) is -1.40. The monoisotopic (exact) mass is 455 g/mol. The minimum Gasteiger partial charge on any atom is -0.505 e. The van der Waals surface area contributed by atoms with Crippen molar-refractivity contribution >= 4 is 29.0 Å². The van der Waals surface area contributed by atoms with Gasteiger partial charge in [0.05, 0.1) is 12.5 Å². The lowest BCUT2D eigenvalue weighted by molar-refractivity contribution is -0.137. The molecular formula is C23H25N3O5S. The van der Waals surface area contributed by atoms with E-state index in [4.69, 9.17) is 0 Å². The maximum absolute atomic E-state index is 12.6. The standard InChI is InChI=1S/C23H25N3O5S/c1-12-6-5-7-13(2)19(12)15-8-17(32-11-15)16(9-18(27)28)24-23(31)25-20-21(29)14(3)10-26(4)22(20)30/h5-8,10-11,16,29H,9H2,1-4H3,(H,27,28)(H2,24,25,31). The van der Waals surface area contributed by atoms with Crippen LogP contribution in [-0.4, -0.2) is 26.8 Å². The summed E-state index contributed by atoms with van der Waals surface area (Å²) < 4.78 is 1.25. The molecule has 1 aromatic carbocycles. The van der Waals surface area contributed by atoms with Crippen LogP contribution in [0.3, 0.4) is 0 Å². The van der Waals surface area contributed by atoms with E-state index < -0.39 is 23.6 Å². The summed E-state index contributed by atoms with van der Waals surface area (Å²) in [5, 5.41) is 26.5. The number of pyridine rings is 1. The number of aryl methyl sites for hydroxylation is 4. The Morgan fingerprint density at radius 2 is 1.81 bits per heavy atom. The molecule has 0 bridgehead atoms. The highest BCUT2D eigenvalue weighted by Crippen LogP contribution is 2.34. The fourth-order valence-corrected chi connectivity index (χ4v) is 4.59. The molecule has 0 aliphatic heterocycles. The zero-order valence-corrected chi connectivity index (χ0v) is 19.0. The number of carboxylic acid groups (broad SMARTS) is 1. The van der Waals surface area contributed by atoms with E-state index in [0.29, 0.717) is 10.4 Å². The quantitative estimate of drug-likeness (QED) is 0.446. The molecule has 0 saturated carbocycles. The first-order chi connectivity index (χ1) is 15.1. The molecule has 2 amide bonds. The summed E-state index contributed by atoms with van der Waals surface area (Å²) in [6.45, 7) is 5.62. The lowest BCUT2D eigenvalue weighted by atomic mass is 9.97. The van der Waals surface area contributed by atoms with E-state index in [1.807, 2.05) is 43.5 Å². The SMILES string of the molecule is Cc1cn(C)c(=O)c(NC(=O)NC(CC(=O)O)c2cc(-c3c(C)cccc3C)cs2)c1O. The second-order valence-corrected chi connectivity index (χ2v) is 8.65. The molecule has 0 spiro atoms. The Morgan fingerprint density at radius 3 is 2.44 bits per heavy atom. The summed E-state index contributed by atoms with van der Waals surface area (Å²) in [5.41, 5.74) is 3.79. The topological polar surface area (TPSA) is 121 Å². The first-order valence-electron chi connectivity index (χ1n) is 9.92. The molecule has 0 aliphatic carbocycles. The van der Waals surface area contributed by atoms with Gasteiger partial charge in [-0.25, -0.2) is 4.79 Å². The normalized spacial score (nSPS) is 11.8. The van der Waals surface area contributed by atoms with Crippen molar-refractivity contribution in [1.82, 2.24) is 9.88 Å². The highest BCUT2D eigenvalue weighted by molar-refractivity contribution is 7.10. The molecule has 0 fully saturated rings. The molecule has 2 aromatic heterocycles. The van der Waals surface area contributed by atoms with Crippen LogP contribution in [0.25, 0.3) is 11.1 Å². The molecule has 8 nitrogen and oxygen atoms in total. The number of aromatic nitrogens is 1. The van der Waals surface area contributed by atoms with Gasteiger partial charge in [0, 0.05) is 23.7 Å². The van der Waals surface area contributed by atoms with Crippen LogP contribution in [0, 0.1) is 20.8 Å². The van der Waals surface area contributed by atoms with Gasteiger partial charge >= 0.3 is 12.0 Å². The van der Waals surface area contributed by atoms with Crippen LogP contribution in [0.2, 0.25) is 0 Å². The number of benzene rings is 1. The molecule has 4 N–H and O–H groups in total. The number of aromatic hydroxyl groups is 1. The van der Waals surface area contributed by atoms with Crippen molar-refractivity contribution in [2.75, 3.05) is 5.32 Å². The number of hydrogen-bond donors (Lipinski definition) is 4. The van der Waals surface area contributed by atoms with E-state index in [0.717, 1.165) is 22.3 Å². The van der Waals surface area contributed by atoms with Crippen molar-refractivity contribution in [3.8, 4) is 16.9 Å². The van der Waals surface area contributed by atoms with Crippen LogP contribution >= 0.6 is 11.3 Å². The number of anilines is 1. The smallest absolute Gasteiger partial charge is 0.320 e. The van der Waals surface area contributed by atoms with Crippen LogP contribution in [0.15, 0.2) is 40.6 Å². The number of carbonyl (C=O) groups excluding carboxylic acids is 1. The van der Waals surface area contributed by atoms with Crippen molar-refractivity contribution in [2.45, 2.75) is 33.2 Å². The number of nitrogens with zero attached hydrogens (tertiary/aromatic N) is 1. The fourth-order valence-electron chi connectivity index (χ4n) is 3.64. The summed E-state index contributed by atoms with van der Waals surface area (Å²) in [6, 6.07) is 6.27. The Bertz CT molecular complexity index is 1220. The van der Waals surface area contributed by atoms with Crippen LogP contribution in [0.1, 0.15) is 34.0 Å². The Hall–Kier alpha value is -3.59. The summed E-state index contributed by atoms with van der Waals surface area (Å²) in [7, 11) is 1.51. The maximum atomic E-state index is 12.6. The molecule has 0 saturated heterocycles. The number of carbonyl (C=O) groups is 2. The van der Waals surface area contributed by atoms with Gasteiger partial charge in [0.15, 0.2) is 5.69 Å². The predicted molar refractivity (Wildman–Crippen MR) is 124 cm³/mol. The first kappa shape index (κ1) is 23.1. The molecule has 9 heteroatoms. The van der Waals surface area contributed by atoms with E-state index >= 15 is 0 Å². The highest BCUT2D eigenvalue weighted by Gasteiger charge is 2.22. The van der Waals surface area contributed by atoms with Gasteiger partial charge in [-0.2, -0.15) is 0 Å². The Morgan fingerprint density at radius 1 is 1.16 bits per heavy atom. The van der Waals surface area contributed by atoms with E-state index in [1.54, 1.807) is 6.92 Å². The maximum Gasteiger partial charge on any atom is 0.320 e. The lowest BCUT2D eigenvalue weighted by Gasteiger charge is -2.17. The van der Waals surface area contributed by atoms with Gasteiger partial charge in [0.1, 0.15) is 5.75 Å². The average molecular weight is 456 g/mol. The van der Waals surface area contributed by atoms with Gasteiger partial charge in [-0.15, -0.1) is 11.3 Å². The van der Waals surface area contributed by atoms with Crippen molar-refractivity contribution in [2.24, 2.45) is 7.05 Å². The van der Waals surface area contributed by atoms with Gasteiger partial charge in [-0.05, 0) is 54.5 Å². The van der Waals surface area contributed by atoms with Gasteiger partial charge in [0.25, 0.3) is 5.56 Å². The molecule has 32 heavy (non-hydrogen) atoms. The lowest BCUT2D eigenvalue weighted by Crippen LogP contribution is -2.35. The second-order valence-electron chi connectivity index (χ2n) is 7.71. The largest absolute Gasteiger partial charge is 0.505 e. The van der Waals surface area contributed by atoms with Gasteiger partial charge in [-0.3, -0.25) is 9.59 Å². The van der Waals surface area contributed by atoms with Crippen LogP contribution in [0.5, 0.6) is 5.75 Å². The number of thiophene rings is 1. The number of urea groups is 1. The third kappa shape index (κ3) is 4.83. The molecule has 168 valence electrons. The second kappa shape index (κ2) is 9.27. The van der Waals surface area contributed by atoms with E-state index in [9.17, 15) is 24.6 Å². The van der Waals surface area contributed by atoms with E-state index in [2.05, 4.69) is 10.6 Å². The molecule has 0 aliphatic rings. The number of nitrogens with one attached hydrogen (secondary N) is 2. The van der Waals surface area contributed by atoms with Crippen molar-refractivity contribution in [3.63, 3.8) is 0 Å². The van der Waals surface area contributed by atoms with Crippen LogP contribution < -0.4 is 16.2 Å². The summed E-state index contributed by atoms with van der Waals surface area (Å²) in [6.07, 6.45) is 1.12. The van der Waals surface area contributed by atoms with Crippen molar-refractivity contribution in [3.05, 3.63) is 67.8 Å². The number of carboxylic acids is 1. The predicted octanol–water partition coefficient (Wildman–Crippen LogP) is 4.08. The molecule has 3 rings (SSSR count). The average Bonchev–Trinajstić information content (AvgIpc) is 3.18. The van der Waals surface area contributed by atoms with E-state index in [-0.39, 0.29) is 17.9 Å². The Labute approximate surface area is 189 Å². The van der Waals surface area contributed by atoms with Crippen LogP contribution in [-0.2, 0) is 11.8 Å². The number of amides is 2. The number of aliphatic carboxylic acids is 1. The van der Waals surface area contributed by atoms with Gasteiger partial charge < -0.3 is 25.4 Å². The molecule has 1 unspecified atom stereocenters. The first-order valence-corrected chi connectivity index (χ1v) is 10.8. The third-order valence-corrected chi connectivity index (χ3v) is 6.23. The van der Waals surface area contributed by atoms with Crippen LogP contribution in [0.4, 0.5) is 10.5 Å². The minimum atomic E-state index is -1.08. The molecule has 0 radical (unpaired) electrons. The Kier molecular flexibility index (Phi) is 6.69. The number of rotatable bonds is 6. The van der Waals surface area contributed by atoms with Crippen molar-refractivity contribution < 1.29 is 19.8 Å². The molecule has 1 atom stereocenters. The highest BCUT2D eigenvalue weighted by atomic mass is 32.1. The molecule has 3 aromatic rings. The van der Waals surface area contributed by atoms with Gasteiger partial charge in [-0.1, -0.05) is 18.2 Å². The number of hydrogen-bond acceptors (Lipinski definition) is 5. The minimum absolute atomic E-state index is 0.263. The summed E-state index contributed by atoms with van der Waals surface area (Å²) in [4.78, 5) is 37.0. The summed E-state index contributed by atoms with van der Waals surface area (Å²) >= 11 is 1.35. The molecule has 2 heterocycles. The zero-order chi connectivity index (χ0) is 23.6. The van der Waals surface area contributed by atoms with E-state index in [1.165, 1.54) is 29.1 Å². The van der Waals surface area contributed by atoms with Gasteiger partial charge in [0.2, 0.25) is 0 Å². The Balaban J connectivity index is 1.88. The molecular weight excluding hydrogens is 430 g/mol. The fraction of sp³-hybridized carbons (Fsp3) is 0.261. The zero-order valence-electron chi connectivity index (χ0n) is 18.2.